The molecule has 0 radical (unpaired) electrons. The van der Waals surface area contributed by atoms with Crippen LogP contribution in [0.2, 0.25) is 0 Å². The van der Waals surface area contributed by atoms with E-state index >= 15 is 26.3 Å². The summed E-state index contributed by atoms with van der Waals surface area (Å²) in [5.74, 6) is -14.4. The van der Waals surface area contributed by atoms with Gasteiger partial charge in [0.15, 0.2) is 0 Å². The maximum absolute atomic E-state index is 15.9. The van der Waals surface area contributed by atoms with E-state index in [1.165, 1.54) is 20.8 Å². The lowest BCUT2D eigenvalue weighted by atomic mass is 9.85. The molecule has 0 N–H and O–H groups in total. The number of rotatable bonds is 8. The lowest BCUT2D eigenvalue weighted by Crippen LogP contribution is -2.50. The molecule has 0 fully saturated rings. The molecule has 0 saturated heterocycles. The molecule has 3 aromatic carbocycles. The van der Waals surface area contributed by atoms with Crippen LogP contribution in [0.25, 0.3) is 28.9 Å². The molecular formula is C38H32F6O2S2. The van der Waals surface area contributed by atoms with Gasteiger partial charge in [0.25, 0.3) is 0 Å². The predicted molar refractivity (Wildman–Crippen MR) is 183 cm³/mol. The third kappa shape index (κ3) is 5.47. The Hall–Kier alpha value is -3.89. The summed E-state index contributed by atoms with van der Waals surface area (Å²) in [5.41, 5.74) is 0.660. The van der Waals surface area contributed by atoms with E-state index in [0.717, 1.165) is 39.8 Å². The first-order valence-electron chi connectivity index (χ1n) is 15.1. The number of hydrogen-bond donors (Lipinski definition) is 0. The Morgan fingerprint density at radius 2 is 1.31 bits per heavy atom. The van der Waals surface area contributed by atoms with Gasteiger partial charge in [-0.15, -0.1) is 23.1 Å². The highest BCUT2D eigenvalue weighted by molar-refractivity contribution is 8.01. The van der Waals surface area contributed by atoms with Gasteiger partial charge >= 0.3 is 17.8 Å². The fraction of sp³-hybridized carbons (Fsp3) is 0.263. The number of aryl methyl sites for hydroxylation is 1. The average molecular weight is 699 g/mol. The van der Waals surface area contributed by atoms with Gasteiger partial charge in [-0.05, 0) is 91.4 Å². The lowest BCUT2D eigenvalue weighted by molar-refractivity contribution is -0.260. The van der Waals surface area contributed by atoms with Gasteiger partial charge < -0.3 is 9.47 Å². The van der Waals surface area contributed by atoms with Crippen molar-refractivity contribution in [2.24, 2.45) is 0 Å². The summed E-state index contributed by atoms with van der Waals surface area (Å²) in [6.45, 7) is 4.39. The molecule has 0 spiro atoms. The van der Waals surface area contributed by atoms with Crippen molar-refractivity contribution in [1.29, 1.82) is 0 Å². The number of hydrogen-bond acceptors (Lipinski definition) is 4. The quantitative estimate of drug-likeness (QED) is 0.135. The Bertz CT molecular complexity index is 1960. The second-order valence-corrected chi connectivity index (χ2v) is 14.8. The van der Waals surface area contributed by atoms with Crippen molar-refractivity contribution < 1.29 is 35.8 Å². The van der Waals surface area contributed by atoms with Crippen molar-refractivity contribution in [2.75, 3.05) is 14.2 Å². The molecular weight excluding hydrogens is 667 g/mol. The third-order valence-electron chi connectivity index (χ3n) is 8.92. The van der Waals surface area contributed by atoms with Crippen LogP contribution in [0.5, 0.6) is 11.5 Å². The Morgan fingerprint density at radius 3 is 1.94 bits per heavy atom. The van der Waals surface area contributed by atoms with Gasteiger partial charge in [0.05, 0.1) is 14.2 Å². The molecule has 6 rings (SSSR count). The van der Waals surface area contributed by atoms with Crippen LogP contribution in [0, 0.1) is 13.8 Å². The number of fused-ring (bicyclic) bond motifs is 1. The summed E-state index contributed by atoms with van der Waals surface area (Å²) >= 11 is 2.04. The van der Waals surface area contributed by atoms with Crippen LogP contribution in [0.3, 0.4) is 0 Å². The largest absolute Gasteiger partial charge is 0.497 e. The molecule has 2 heterocycles. The van der Waals surface area contributed by atoms with Crippen LogP contribution in [0.1, 0.15) is 38.9 Å². The SMILES string of the molecule is COc1ccc(/C=C/C=C/c2sc(C)c(C3=C(C4(C)Cc5ccc(-c6ccc(OC)cc6)cc5S4)C(F)(F)C(F)(F)C3(F)F)c2C)cc1. The minimum atomic E-state index is -5.62. The fourth-order valence-corrected chi connectivity index (χ4v) is 9.06. The molecule has 1 aliphatic carbocycles. The van der Waals surface area contributed by atoms with E-state index < -0.39 is 33.7 Å². The monoisotopic (exact) mass is 698 g/mol. The minimum absolute atomic E-state index is 0.110. The molecule has 4 aromatic rings. The van der Waals surface area contributed by atoms with E-state index in [-0.39, 0.29) is 22.4 Å². The van der Waals surface area contributed by atoms with Crippen molar-refractivity contribution in [3.8, 4) is 22.6 Å². The van der Waals surface area contributed by atoms with Crippen LogP contribution in [-0.4, -0.2) is 36.7 Å². The number of allylic oxidation sites excluding steroid dienone is 3. The van der Waals surface area contributed by atoms with Gasteiger partial charge in [-0.3, -0.25) is 0 Å². The van der Waals surface area contributed by atoms with E-state index in [1.54, 1.807) is 56.7 Å². The topological polar surface area (TPSA) is 18.5 Å². The molecule has 1 aliphatic heterocycles. The summed E-state index contributed by atoms with van der Waals surface area (Å²) in [4.78, 5) is 1.36. The normalized spacial score (nSPS) is 21.0. The van der Waals surface area contributed by atoms with E-state index in [9.17, 15) is 0 Å². The van der Waals surface area contributed by atoms with Crippen LogP contribution in [0.4, 0.5) is 26.3 Å². The van der Waals surface area contributed by atoms with Crippen LogP contribution >= 0.6 is 23.1 Å². The Balaban J connectivity index is 1.40. The van der Waals surface area contributed by atoms with E-state index in [1.807, 2.05) is 48.5 Å². The van der Waals surface area contributed by atoms with Crippen molar-refractivity contribution in [2.45, 2.75) is 54.6 Å². The summed E-state index contributed by atoms with van der Waals surface area (Å²) in [7, 11) is 3.12. The summed E-state index contributed by atoms with van der Waals surface area (Å²) in [6.07, 6.45) is 6.84. The Kier molecular flexibility index (Phi) is 8.65. The molecule has 0 amide bonds. The zero-order chi connectivity index (χ0) is 34.6. The van der Waals surface area contributed by atoms with E-state index in [2.05, 4.69) is 0 Å². The number of thioether (sulfide) groups is 1. The van der Waals surface area contributed by atoms with E-state index in [0.29, 0.717) is 26.8 Å². The van der Waals surface area contributed by atoms with E-state index in [4.69, 9.17) is 9.47 Å². The Morgan fingerprint density at radius 1 is 0.729 bits per heavy atom. The van der Waals surface area contributed by atoms with Gasteiger partial charge in [-0.25, -0.2) is 0 Å². The first kappa shape index (κ1) is 34.0. The number of benzene rings is 3. The standard InChI is InChI=1S/C38H32F6O2S2/c1-22-30(9-7-6-8-24-10-16-28(45-4)17-11-24)47-23(2)32(22)33-34(37(41,42)38(43,44)36(33,39)40)35(3)21-27-13-12-26(20-31(27)48-35)25-14-18-29(46-5)19-15-25/h6-20H,21H2,1-5H3/b8-6+,9-7+. The van der Waals surface area contributed by atoms with Crippen molar-refractivity contribution in [1.82, 2.24) is 0 Å². The van der Waals surface area contributed by atoms with Gasteiger partial charge in [-0.2, -0.15) is 26.3 Å². The molecule has 0 saturated carbocycles. The smallest absolute Gasteiger partial charge is 0.380 e. The van der Waals surface area contributed by atoms with Crippen molar-refractivity contribution in [3.63, 3.8) is 0 Å². The molecule has 1 atom stereocenters. The van der Waals surface area contributed by atoms with Gasteiger partial charge in [0, 0.05) is 36.1 Å². The molecule has 10 heteroatoms. The highest BCUT2D eigenvalue weighted by Crippen LogP contribution is 2.68. The molecule has 250 valence electrons. The summed E-state index contributed by atoms with van der Waals surface area (Å²) in [5, 5.41) is 0. The second kappa shape index (κ2) is 12.2. The first-order chi connectivity index (χ1) is 22.6. The first-order valence-corrected chi connectivity index (χ1v) is 16.7. The zero-order valence-corrected chi connectivity index (χ0v) is 28.4. The number of methoxy groups -OCH3 is 2. The summed E-state index contributed by atoms with van der Waals surface area (Å²) in [6, 6.07) is 19.9. The molecule has 1 aromatic heterocycles. The molecule has 0 bridgehead atoms. The average Bonchev–Trinajstić information content (AvgIpc) is 3.58. The zero-order valence-electron chi connectivity index (χ0n) is 26.8. The second-order valence-electron chi connectivity index (χ2n) is 12.0. The molecule has 2 aliphatic rings. The predicted octanol–water partition coefficient (Wildman–Crippen LogP) is 11.6. The van der Waals surface area contributed by atoms with Gasteiger partial charge in [0.1, 0.15) is 11.5 Å². The third-order valence-corrected chi connectivity index (χ3v) is 11.5. The van der Waals surface area contributed by atoms with Crippen LogP contribution in [0.15, 0.2) is 89.4 Å². The van der Waals surface area contributed by atoms with Gasteiger partial charge in [-0.1, -0.05) is 54.6 Å². The number of thiophene rings is 1. The number of alkyl halides is 6. The maximum atomic E-state index is 15.9. The Labute approximate surface area is 283 Å². The summed E-state index contributed by atoms with van der Waals surface area (Å²) < 4.78 is 103. The lowest BCUT2D eigenvalue weighted by Gasteiger charge is -2.31. The molecule has 1 unspecified atom stereocenters. The number of halogens is 6. The highest BCUT2D eigenvalue weighted by atomic mass is 32.2. The highest BCUT2D eigenvalue weighted by Gasteiger charge is 2.82. The van der Waals surface area contributed by atoms with Crippen molar-refractivity contribution in [3.05, 3.63) is 116 Å². The molecule has 2 nitrogen and oxygen atoms in total. The fourth-order valence-electron chi connectivity index (χ4n) is 6.47. The maximum Gasteiger partial charge on any atom is 0.380 e. The minimum Gasteiger partial charge on any atom is -0.497 e. The van der Waals surface area contributed by atoms with Crippen LogP contribution in [-0.2, 0) is 6.42 Å². The molecule has 48 heavy (non-hydrogen) atoms. The van der Waals surface area contributed by atoms with Crippen LogP contribution < -0.4 is 9.47 Å². The van der Waals surface area contributed by atoms with Crippen molar-refractivity contribution >= 4 is 40.8 Å². The van der Waals surface area contributed by atoms with Gasteiger partial charge in [0.2, 0.25) is 0 Å². The number of ether oxygens (including phenoxy) is 2.